The Kier molecular flexibility index (Phi) is 5.14. The molecule has 2 rings (SSSR count). The molecule has 3 nitrogen and oxygen atoms in total. The molecule has 104 valence electrons. The maximum atomic E-state index is 11.3. The zero-order valence-corrected chi connectivity index (χ0v) is 12.3. The third-order valence-electron chi connectivity index (χ3n) is 3.12. The average molecular weight is 280 g/mol. The second-order valence-electron chi connectivity index (χ2n) is 4.78. The molecule has 0 saturated carbocycles. The van der Waals surface area contributed by atoms with E-state index in [4.69, 9.17) is 9.47 Å². The summed E-state index contributed by atoms with van der Waals surface area (Å²) in [7, 11) is 1.63. The molecular weight excluding hydrogens is 260 g/mol. The van der Waals surface area contributed by atoms with Crippen molar-refractivity contribution in [3.05, 3.63) is 23.8 Å². The molecule has 1 aromatic carbocycles. The second-order valence-corrected chi connectivity index (χ2v) is 5.93. The van der Waals surface area contributed by atoms with Gasteiger partial charge in [0.1, 0.15) is 11.9 Å². The van der Waals surface area contributed by atoms with Crippen LogP contribution in [-0.2, 0) is 11.2 Å². The van der Waals surface area contributed by atoms with Gasteiger partial charge < -0.3 is 9.47 Å². The molecule has 0 radical (unpaired) electrons. The molecule has 0 spiro atoms. The summed E-state index contributed by atoms with van der Waals surface area (Å²) in [5.74, 6) is 3.84. The van der Waals surface area contributed by atoms with E-state index in [9.17, 15) is 4.79 Å². The number of ether oxygens (including phenoxy) is 2. The highest BCUT2D eigenvalue weighted by Crippen LogP contribution is 2.34. The summed E-state index contributed by atoms with van der Waals surface area (Å²) in [6.07, 6.45) is 2.93. The Hall–Kier alpha value is -1.16. The van der Waals surface area contributed by atoms with E-state index in [1.165, 1.54) is 12.2 Å². The second kappa shape index (κ2) is 6.85. The van der Waals surface area contributed by atoms with Crippen molar-refractivity contribution in [3.8, 4) is 11.5 Å². The molecule has 1 saturated heterocycles. The summed E-state index contributed by atoms with van der Waals surface area (Å²) in [4.78, 5) is 11.3. The Bertz CT molecular complexity index is 439. The third kappa shape index (κ3) is 3.90. The number of carbonyl (C=O) groups is 1. The van der Waals surface area contributed by atoms with E-state index in [2.05, 4.69) is 0 Å². The normalized spacial score (nSPS) is 18.9. The van der Waals surface area contributed by atoms with Crippen LogP contribution >= 0.6 is 11.8 Å². The summed E-state index contributed by atoms with van der Waals surface area (Å²) in [5.41, 5.74) is 0.899. The summed E-state index contributed by atoms with van der Waals surface area (Å²) >= 11 is 1.93. The molecule has 1 aliphatic heterocycles. The summed E-state index contributed by atoms with van der Waals surface area (Å²) in [6, 6.07) is 5.76. The summed E-state index contributed by atoms with van der Waals surface area (Å²) < 4.78 is 11.5. The highest BCUT2D eigenvalue weighted by Gasteiger charge is 2.18. The van der Waals surface area contributed by atoms with Crippen LogP contribution in [0.1, 0.15) is 25.3 Å². The number of hydrogen-bond acceptors (Lipinski definition) is 4. The predicted octanol–water partition coefficient (Wildman–Crippen LogP) is 3.10. The van der Waals surface area contributed by atoms with Gasteiger partial charge in [-0.1, -0.05) is 12.1 Å². The number of hydrogen-bond donors (Lipinski definition) is 0. The maximum absolute atomic E-state index is 11.3. The van der Waals surface area contributed by atoms with Crippen LogP contribution in [0.5, 0.6) is 11.5 Å². The van der Waals surface area contributed by atoms with Gasteiger partial charge in [0.15, 0.2) is 11.5 Å². The van der Waals surface area contributed by atoms with Crippen molar-refractivity contribution >= 4 is 17.5 Å². The predicted molar refractivity (Wildman–Crippen MR) is 78.4 cm³/mol. The molecule has 0 N–H and O–H groups in total. The van der Waals surface area contributed by atoms with Gasteiger partial charge in [0.25, 0.3) is 0 Å². The first-order valence-corrected chi connectivity index (χ1v) is 7.76. The van der Waals surface area contributed by atoms with Crippen LogP contribution < -0.4 is 9.47 Å². The van der Waals surface area contributed by atoms with Crippen molar-refractivity contribution in [2.75, 3.05) is 18.6 Å². The van der Waals surface area contributed by atoms with Crippen LogP contribution in [0.4, 0.5) is 0 Å². The zero-order chi connectivity index (χ0) is 13.7. The molecule has 1 atom stereocenters. The molecule has 1 unspecified atom stereocenters. The number of benzene rings is 1. The number of ketones is 1. The first kappa shape index (κ1) is 14.3. The van der Waals surface area contributed by atoms with Crippen molar-refractivity contribution in [2.45, 2.75) is 32.3 Å². The Morgan fingerprint density at radius 2 is 2.32 bits per heavy atom. The molecule has 19 heavy (non-hydrogen) atoms. The van der Waals surface area contributed by atoms with Crippen molar-refractivity contribution in [3.63, 3.8) is 0 Å². The fourth-order valence-electron chi connectivity index (χ4n) is 2.28. The molecule has 0 amide bonds. The lowest BCUT2D eigenvalue weighted by Crippen LogP contribution is -2.23. The van der Waals surface area contributed by atoms with Crippen LogP contribution in [0, 0.1) is 0 Å². The van der Waals surface area contributed by atoms with Crippen molar-refractivity contribution in [1.29, 1.82) is 0 Å². The van der Waals surface area contributed by atoms with Crippen LogP contribution in [0.2, 0.25) is 0 Å². The third-order valence-corrected chi connectivity index (χ3v) is 4.30. The van der Waals surface area contributed by atoms with Gasteiger partial charge in [0.2, 0.25) is 0 Å². The van der Waals surface area contributed by atoms with E-state index in [1.54, 1.807) is 14.0 Å². The number of rotatable bonds is 5. The Balaban J connectivity index is 2.16. The number of thioether (sulfide) groups is 1. The average Bonchev–Trinajstić information content (AvgIpc) is 2.39. The Morgan fingerprint density at radius 3 is 2.95 bits per heavy atom. The van der Waals surface area contributed by atoms with Crippen LogP contribution in [0.25, 0.3) is 0 Å². The van der Waals surface area contributed by atoms with E-state index in [-0.39, 0.29) is 11.9 Å². The van der Waals surface area contributed by atoms with E-state index in [0.29, 0.717) is 12.2 Å². The molecule has 1 heterocycles. The molecule has 0 aromatic heterocycles. The van der Waals surface area contributed by atoms with E-state index < -0.39 is 0 Å². The topological polar surface area (TPSA) is 35.5 Å². The Labute approximate surface area is 118 Å². The fraction of sp³-hybridized carbons (Fsp3) is 0.533. The molecule has 4 heteroatoms. The minimum atomic E-state index is 0.128. The smallest absolute Gasteiger partial charge is 0.164 e. The quantitative estimate of drug-likeness (QED) is 0.830. The molecule has 1 fully saturated rings. The van der Waals surface area contributed by atoms with Crippen molar-refractivity contribution in [2.24, 2.45) is 0 Å². The van der Waals surface area contributed by atoms with Gasteiger partial charge in [0.05, 0.1) is 7.11 Å². The summed E-state index contributed by atoms with van der Waals surface area (Å²) in [6.45, 7) is 1.59. The minimum Gasteiger partial charge on any atom is -0.493 e. The number of carbonyl (C=O) groups excluding carboxylic acids is 1. The van der Waals surface area contributed by atoms with Crippen LogP contribution in [-0.4, -0.2) is 30.5 Å². The molecule has 0 bridgehead atoms. The molecule has 1 aliphatic rings. The van der Waals surface area contributed by atoms with Gasteiger partial charge in [-0.05, 0) is 31.6 Å². The molecule has 0 aliphatic carbocycles. The van der Waals surface area contributed by atoms with Gasteiger partial charge >= 0.3 is 0 Å². The van der Waals surface area contributed by atoms with Gasteiger partial charge in [-0.3, -0.25) is 4.79 Å². The van der Waals surface area contributed by atoms with Gasteiger partial charge in [-0.25, -0.2) is 0 Å². The number of methoxy groups -OCH3 is 1. The van der Waals surface area contributed by atoms with Gasteiger partial charge in [-0.2, -0.15) is 11.8 Å². The minimum absolute atomic E-state index is 0.128. The fourth-order valence-corrected chi connectivity index (χ4v) is 3.31. The lowest BCUT2D eigenvalue weighted by molar-refractivity contribution is -0.116. The summed E-state index contributed by atoms with van der Waals surface area (Å²) in [5, 5.41) is 0. The number of para-hydroxylation sites is 1. The lowest BCUT2D eigenvalue weighted by atomic mass is 10.1. The van der Waals surface area contributed by atoms with Gasteiger partial charge in [-0.15, -0.1) is 0 Å². The zero-order valence-electron chi connectivity index (χ0n) is 11.5. The molecular formula is C15H20O3S. The maximum Gasteiger partial charge on any atom is 0.164 e. The largest absolute Gasteiger partial charge is 0.493 e. The van der Waals surface area contributed by atoms with Crippen LogP contribution in [0.15, 0.2) is 18.2 Å². The standard InChI is InChI=1S/C15H20O3S/c1-11(16)9-12-5-3-7-14(15(12)17-2)18-13-6-4-8-19-10-13/h3,5,7,13H,4,6,8-10H2,1-2H3. The monoisotopic (exact) mass is 280 g/mol. The highest BCUT2D eigenvalue weighted by atomic mass is 32.2. The van der Waals surface area contributed by atoms with Crippen molar-refractivity contribution < 1.29 is 14.3 Å². The highest BCUT2D eigenvalue weighted by molar-refractivity contribution is 7.99. The van der Waals surface area contributed by atoms with E-state index >= 15 is 0 Å². The first-order valence-electron chi connectivity index (χ1n) is 6.60. The SMILES string of the molecule is COc1c(CC(C)=O)cccc1OC1CCCSC1. The lowest BCUT2D eigenvalue weighted by Gasteiger charge is -2.24. The van der Waals surface area contributed by atoms with E-state index in [1.807, 2.05) is 30.0 Å². The van der Waals surface area contributed by atoms with Crippen molar-refractivity contribution in [1.82, 2.24) is 0 Å². The number of Topliss-reactive ketones (excluding diaryl/α,β-unsaturated/α-hetero) is 1. The molecule has 1 aromatic rings. The van der Waals surface area contributed by atoms with Gasteiger partial charge in [0, 0.05) is 17.7 Å². The van der Waals surface area contributed by atoms with E-state index in [0.717, 1.165) is 23.5 Å². The Morgan fingerprint density at radius 1 is 1.47 bits per heavy atom. The van der Waals surface area contributed by atoms with Crippen LogP contribution in [0.3, 0.4) is 0 Å². The first-order chi connectivity index (χ1) is 9.20.